The maximum Gasteiger partial charge on any atom is 0.258 e. The van der Waals surface area contributed by atoms with Gasteiger partial charge in [0.25, 0.3) is 11.8 Å². The van der Waals surface area contributed by atoms with Crippen molar-refractivity contribution in [1.82, 2.24) is 16.0 Å². The average molecular weight is 714 g/mol. The maximum absolute atomic E-state index is 13.9. The van der Waals surface area contributed by atoms with Crippen LogP contribution in [0.4, 0.5) is 0 Å². The SMILES string of the molecule is COc1cc(Cl)cc(C(=O)N[C@H](C(=O)N[C@@H](Cc2ccccc2)C[C@H](O)[C@H](Cc2ccccc2)NC(=O)COc2c(C)cccc2C)C(C)C)c1. The summed E-state index contributed by atoms with van der Waals surface area (Å²) in [4.78, 5) is 40.5. The number of aryl methyl sites for hydroxylation is 2. The summed E-state index contributed by atoms with van der Waals surface area (Å²) >= 11 is 6.20. The van der Waals surface area contributed by atoms with Crippen LogP contribution in [0.25, 0.3) is 0 Å². The molecule has 0 heterocycles. The number of carbonyl (C=O) groups is 3. The lowest BCUT2D eigenvalue weighted by molar-refractivity contribution is -0.126. The molecule has 4 N–H and O–H groups in total. The third-order valence-corrected chi connectivity index (χ3v) is 8.89. The molecule has 0 aliphatic rings. The van der Waals surface area contributed by atoms with Gasteiger partial charge in [0.2, 0.25) is 5.91 Å². The third-order valence-electron chi connectivity index (χ3n) is 8.67. The van der Waals surface area contributed by atoms with Gasteiger partial charge in [-0.3, -0.25) is 14.4 Å². The Bertz CT molecular complexity index is 1730. The molecule has 0 aliphatic carbocycles. The highest BCUT2D eigenvalue weighted by molar-refractivity contribution is 6.31. The molecule has 0 bridgehead atoms. The Kier molecular flexibility index (Phi) is 14.5. The number of halogens is 1. The standard InChI is InChI=1S/C41H48ClN3O6/c1-26(2)38(45-40(48)31-21-32(42)23-34(22-31)50-5)41(49)43-33(19-29-15-8-6-9-16-29)24-36(46)35(20-30-17-10-7-11-18-30)44-37(47)25-51-39-27(3)13-12-14-28(39)4/h6-18,21-23,26,33,35-36,38,46H,19-20,24-25H2,1-5H3,(H,43,49)(H,44,47)(H,45,48)/t33-,35-,36-,38-/m0/s1. The molecule has 0 aromatic heterocycles. The van der Waals surface area contributed by atoms with E-state index in [0.717, 1.165) is 22.3 Å². The number of hydrogen-bond acceptors (Lipinski definition) is 6. The van der Waals surface area contributed by atoms with Gasteiger partial charge in [-0.25, -0.2) is 0 Å². The fourth-order valence-corrected chi connectivity index (χ4v) is 6.20. The van der Waals surface area contributed by atoms with Crippen molar-refractivity contribution in [3.05, 3.63) is 130 Å². The van der Waals surface area contributed by atoms with Gasteiger partial charge in [-0.05, 0) is 79.5 Å². The van der Waals surface area contributed by atoms with E-state index in [1.165, 1.54) is 13.2 Å². The lowest BCUT2D eigenvalue weighted by Crippen LogP contribution is -2.54. The van der Waals surface area contributed by atoms with Crippen LogP contribution < -0.4 is 25.4 Å². The summed E-state index contributed by atoms with van der Waals surface area (Å²) in [6, 6.07) is 27.6. The molecule has 0 radical (unpaired) electrons. The van der Waals surface area contributed by atoms with Crippen LogP contribution >= 0.6 is 11.6 Å². The molecule has 270 valence electrons. The van der Waals surface area contributed by atoms with Gasteiger partial charge in [-0.2, -0.15) is 0 Å². The molecule has 0 fully saturated rings. The Hall–Kier alpha value is -4.86. The molecule has 0 saturated carbocycles. The van der Waals surface area contributed by atoms with Gasteiger partial charge >= 0.3 is 0 Å². The fraction of sp³-hybridized carbons (Fsp3) is 0.341. The highest BCUT2D eigenvalue weighted by atomic mass is 35.5. The van der Waals surface area contributed by atoms with E-state index in [-0.39, 0.29) is 30.4 Å². The van der Waals surface area contributed by atoms with Gasteiger partial charge in [0, 0.05) is 16.6 Å². The zero-order valence-electron chi connectivity index (χ0n) is 29.8. The predicted octanol–water partition coefficient (Wildman–Crippen LogP) is 6.00. The maximum atomic E-state index is 13.9. The largest absolute Gasteiger partial charge is 0.497 e. The highest BCUT2D eigenvalue weighted by Gasteiger charge is 2.30. The van der Waals surface area contributed by atoms with Crippen LogP contribution in [0.2, 0.25) is 5.02 Å². The summed E-state index contributed by atoms with van der Waals surface area (Å²) in [6.45, 7) is 7.31. The van der Waals surface area contributed by atoms with E-state index in [0.29, 0.717) is 29.4 Å². The molecular weight excluding hydrogens is 666 g/mol. The van der Waals surface area contributed by atoms with Crippen molar-refractivity contribution in [1.29, 1.82) is 0 Å². The van der Waals surface area contributed by atoms with Crippen molar-refractivity contribution in [2.75, 3.05) is 13.7 Å². The smallest absolute Gasteiger partial charge is 0.258 e. The van der Waals surface area contributed by atoms with E-state index in [4.69, 9.17) is 21.1 Å². The fourth-order valence-electron chi connectivity index (χ4n) is 5.97. The topological polar surface area (TPSA) is 126 Å². The van der Waals surface area contributed by atoms with Crippen LogP contribution in [0, 0.1) is 19.8 Å². The van der Waals surface area contributed by atoms with E-state index >= 15 is 0 Å². The Labute approximate surface area is 305 Å². The molecule has 0 spiro atoms. The number of aliphatic hydroxyl groups is 1. The first kappa shape index (κ1) is 38.9. The zero-order valence-corrected chi connectivity index (χ0v) is 30.6. The normalized spacial score (nSPS) is 13.4. The van der Waals surface area contributed by atoms with E-state index in [2.05, 4.69) is 16.0 Å². The number of amides is 3. The molecule has 0 unspecified atom stereocenters. The van der Waals surface area contributed by atoms with Crippen LogP contribution in [0.15, 0.2) is 97.1 Å². The van der Waals surface area contributed by atoms with Gasteiger partial charge in [0.1, 0.15) is 17.5 Å². The summed E-state index contributed by atoms with van der Waals surface area (Å²) in [5.74, 6) is -0.436. The minimum Gasteiger partial charge on any atom is -0.497 e. The lowest BCUT2D eigenvalue weighted by Gasteiger charge is -2.30. The second kappa shape index (κ2) is 18.9. The van der Waals surface area contributed by atoms with Gasteiger partial charge in [-0.15, -0.1) is 0 Å². The molecule has 4 atom stereocenters. The quantitative estimate of drug-likeness (QED) is 0.106. The van der Waals surface area contributed by atoms with Crippen molar-refractivity contribution in [3.8, 4) is 11.5 Å². The summed E-state index contributed by atoms with van der Waals surface area (Å²) in [6.07, 6.45) is -0.151. The number of ether oxygens (including phenoxy) is 2. The molecule has 4 aromatic carbocycles. The summed E-state index contributed by atoms with van der Waals surface area (Å²) in [7, 11) is 1.48. The number of para-hydroxylation sites is 1. The molecule has 0 aliphatic heterocycles. The molecule has 4 rings (SSSR count). The van der Waals surface area contributed by atoms with Crippen molar-refractivity contribution < 1.29 is 29.0 Å². The number of carbonyl (C=O) groups excluding carboxylic acids is 3. The van der Waals surface area contributed by atoms with Crippen LogP contribution in [-0.4, -0.2) is 60.8 Å². The van der Waals surface area contributed by atoms with E-state index in [1.54, 1.807) is 12.1 Å². The first-order valence-electron chi connectivity index (χ1n) is 17.1. The molecule has 0 saturated heterocycles. The van der Waals surface area contributed by atoms with Crippen molar-refractivity contribution in [2.24, 2.45) is 5.92 Å². The third kappa shape index (κ3) is 11.9. The second-order valence-electron chi connectivity index (χ2n) is 13.1. The second-order valence-corrected chi connectivity index (χ2v) is 13.6. The molecule has 3 amide bonds. The summed E-state index contributed by atoms with van der Waals surface area (Å²) in [5.41, 5.74) is 3.99. The predicted molar refractivity (Wildman–Crippen MR) is 200 cm³/mol. The molecule has 4 aromatic rings. The van der Waals surface area contributed by atoms with E-state index in [1.807, 2.05) is 107 Å². The molecular formula is C41H48ClN3O6. The van der Waals surface area contributed by atoms with Crippen LogP contribution in [0.1, 0.15) is 52.9 Å². The Morgan fingerprint density at radius 2 is 1.39 bits per heavy atom. The lowest BCUT2D eigenvalue weighted by atomic mass is 9.93. The number of methoxy groups -OCH3 is 1. The number of benzene rings is 4. The van der Waals surface area contributed by atoms with Crippen LogP contribution in [0.3, 0.4) is 0 Å². The molecule has 9 nitrogen and oxygen atoms in total. The first-order valence-corrected chi connectivity index (χ1v) is 17.5. The summed E-state index contributed by atoms with van der Waals surface area (Å²) in [5, 5.41) is 21.0. The van der Waals surface area contributed by atoms with E-state index < -0.39 is 36.0 Å². The highest BCUT2D eigenvalue weighted by Crippen LogP contribution is 2.23. The Morgan fingerprint density at radius 1 is 0.784 bits per heavy atom. The monoisotopic (exact) mass is 713 g/mol. The van der Waals surface area contributed by atoms with Gasteiger partial charge in [-0.1, -0.05) is 104 Å². The number of aliphatic hydroxyl groups excluding tert-OH is 1. The van der Waals surface area contributed by atoms with Gasteiger partial charge in [0.05, 0.1) is 19.3 Å². The van der Waals surface area contributed by atoms with Crippen molar-refractivity contribution in [2.45, 2.75) is 71.2 Å². The number of hydrogen-bond donors (Lipinski definition) is 4. The summed E-state index contributed by atoms with van der Waals surface area (Å²) < 4.78 is 11.2. The minimum absolute atomic E-state index is 0.125. The Balaban J connectivity index is 1.53. The van der Waals surface area contributed by atoms with Crippen LogP contribution in [0.5, 0.6) is 11.5 Å². The van der Waals surface area contributed by atoms with Gasteiger partial charge in [0.15, 0.2) is 6.61 Å². The number of nitrogens with one attached hydrogen (secondary N) is 3. The van der Waals surface area contributed by atoms with E-state index in [9.17, 15) is 19.5 Å². The van der Waals surface area contributed by atoms with Crippen LogP contribution in [-0.2, 0) is 22.4 Å². The zero-order chi connectivity index (χ0) is 36.9. The molecule has 10 heteroatoms. The number of rotatable bonds is 17. The minimum atomic E-state index is -1.05. The average Bonchev–Trinajstić information content (AvgIpc) is 3.10. The molecule has 51 heavy (non-hydrogen) atoms. The van der Waals surface area contributed by atoms with Crippen molar-refractivity contribution in [3.63, 3.8) is 0 Å². The Morgan fingerprint density at radius 3 is 1.98 bits per heavy atom. The first-order chi connectivity index (χ1) is 24.4. The van der Waals surface area contributed by atoms with Crippen molar-refractivity contribution >= 4 is 29.3 Å². The van der Waals surface area contributed by atoms with Gasteiger partial charge < -0.3 is 30.5 Å².